The van der Waals surface area contributed by atoms with E-state index in [1.807, 2.05) is 33.8 Å². The van der Waals surface area contributed by atoms with Gasteiger partial charge < -0.3 is 14.2 Å². The molecule has 0 saturated heterocycles. The maximum absolute atomic E-state index is 11.7. The zero-order chi connectivity index (χ0) is 13.1. The molecule has 0 atom stereocenters. The van der Waals surface area contributed by atoms with Crippen LogP contribution < -0.4 is 0 Å². The van der Waals surface area contributed by atoms with Gasteiger partial charge in [0.15, 0.2) is 0 Å². The van der Waals surface area contributed by atoms with Crippen LogP contribution in [0.3, 0.4) is 0 Å². The topological polar surface area (TPSA) is 55.6 Å². The zero-order valence-corrected chi connectivity index (χ0v) is 11.1. The summed E-state index contributed by atoms with van der Waals surface area (Å²) in [5.74, 6) is 0.673. The average Bonchev–Trinajstić information content (AvgIpc) is 2.59. The molecule has 0 saturated carbocycles. The molecule has 0 fully saturated rings. The Labute approximate surface area is 102 Å². The first kappa shape index (κ1) is 13.7. The van der Waals surface area contributed by atoms with Crippen molar-refractivity contribution in [1.29, 1.82) is 0 Å². The predicted octanol–water partition coefficient (Wildman–Crippen LogP) is 1.76. The molecular formula is C12H20N2O3. The Bertz CT molecular complexity index is 379. The molecule has 0 aliphatic rings. The minimum Gasteiger partial charge on any atom is -0.366 e. The van der Waals surface area contributed by atoms with Crippen LogP contribution in [-0.4, -0.2) is 35.2 Å². The third-order valence-electron chi connectivity index (χ3n) is 2.13. The number of hydrogen-bond acceptors (Lipinski definition) is 4. The number of aromatic nitrogens is 1. The predicted molar refractivity (Wildman–Crippen MR) is 63.4 cm³/mol. The quantitative estimate of drug-likeness (QED) is 0.804. The summed E-state index contributed by atoms with van der Waals surface area (Å²) in [6.45, 7) is 8.09. The van der Waals surface area contributed by atoms with Crippen molar-refractivity contribution in [2.24, 2.45) is 0 Å². The number of ether oxygens (including phenoxy) is 1. The molecule has 17 heavy (non-hydrogen) atoms. The SMILES string of the molecule is Cc1cc(CN(C)C(=O)COC(C)(C)C)no1. The first-order chi connectivity index (χ1) is 7.78. The lowest BCUT2D eigenvalue weighted by Gasteiger charge is -2.22. The van der Waals surface area contributed by atoms with Crippen molar-refractivity contribution in [2.75, 3.05) is 13.7 Å². The van der Waals surface area contributed by atoms with Crippen molar-refractivity contribution in [1.82, 2.24) is 10.1 Å². The molecule has 5 nitrogen and oxygen atoms in total. The fourth-order valence-electron chi connectivity index (χ4n) is 1.21. The molecule has 96 valence electrons. The second-order valence-corrected chi connectivity index (χ2v) is 5.08. The van der Waals surface area contributed by atoms with Crippen molar-refractivity contribution in [3.63, 3.8) is 0 Å². The van der Waals surface area contributed by atoms with Gasteiger partial charge in [-0.15, -0.1) is 0 Å². The number of carbonyl (C=O) groups excluding carboxylic acids is 1. The van der Waals surface area contributed by atoms with Crippen molar-refractivity contribution in [3.05, 3.63) is 17.5 Å². The third kappa shape index (κ3) is 4.99. The molecule has 0 aromatic carbocycles. The Morgan fingerprint density at radius 2 is 2.18 bits per heavy atom. The monoisotopic (exact) mass is 240 g/mol. The zero-order valence-electron chi connectivity index (χ0n) is 11.1. The molecule has 0 radical (unpaired) electrons. The first-order valence-electron chi connectivity index (χ1n) is 5.58. The third-order valence-corrected chi connectivity index (χ3v) is 2.13. The van der Waals surface area contributed by atoms with E-state index in [-0.39, 0.29) is 18.1 Å². The second-order valence-electron chi connectivity index (χ2n) is 5.08. The molecule has 1 aromatic heterocycles. The summed E-state index contributed by atoms with van der Waals surface area (Å²) >= 11 is 0. The molecule has 1 rings (SSSR count). The van der Waals surface area contributed by atoms with Crippen molar-refractivity contribution >= 4 is 5.91 Å². The van der Waals surface area contributed by atoms with Gasteiger partial charge in [-0.05, 0) is 27.7 Å². The lowest BCUT2D eigenvalue weighted by Crippen LogP contribution is -2.33. The summed E-state index contributed by atoms with van der Waals surface area (Å²) < 4.78 is 10.4. The van der Waals surface area contributed by atoms with Crippen LogP contribution in [0.1, 0.15) is 32.2 Å². The van der Waals surface area contributed by atoms with Crippen LogP contribution >= 0.6 is 0 Å². The van der Waals surface area contributed by atoms with E-state index < -0.39 is 0 Å². The van der Waals surface area contributed by atoms with Crippen molar-refractivity contribution < 1.29 is 14.1 Å². The molecule has 0 unspecified atom stereocenters. The Hall–Kier alpha value is -1.36. The van der Waals surface area contributed by atoms with Crippen LogP contribution in [0.2, 0.25) is 0 Å². The van der Waals surface area contributed by atoms with Crippen LogP contribution in [-0.2, 0) is 16.1 Å². The summed E-state index contributed by atoms with van der Waals surface area (Å²) in [5.41, 5.74) is 0.440. The summed E-state index contributed by atoms with van der Waals surface area (Å²) in [6, 6.07) is 1.81. The molecule has 0 aliphatic heterocycles. The highest BCUT2D eigenvalue weighted by atomic mass is 16.5. The van der Waals surface area contributed by atoms with Gasteiger partial charge in [0, 0.05) is 13.1 Å². The molecule has 0 aliphatic carbocycles. The van der Waals surface area contributed by atoms with Gasteiger partial charge in [0.05, 0.1) is 12.1 Å². The summed E-state index contributed by atoms with van der Waals surface area (Å²) in [4.78, 5) is 13.3. The van der Waals surface area contributed by atoms with E-state index >= 15 is 0 Å². The maximum atomic E-state index is 11.7. The van der Waals surface area contributed by atoms with Gasteiger partial charge >= 0.3 is 0 Å². The summed E-state index contributed by atoms with van der Waals surface area (Å²) in [7, 11) is 1.72. The lowest BCUT2D eigenvalue weighted by molar-refractivity contribution is -0.140. The van der Waals surface area contributed by atoms with E-state index in [0.29, 0.717) is 6.54 Å². The van der Waals surface area contributed by atoms with Crippen LogP contribution in [0.15, 0.2) is 10.6 Å². The fraction of sp³-hybridized carbons (Fsp3) is 0.667. The Morgan fingerprint density at radius 3 is 2.65 bits per heavy atom. The van der Waals surface area contributed by atoms with Gasteiger partial charge in [0.2, 0.25) is 5.91 Å². The van der Waals surface area contributed by atoms with E-state index in [0.717, 1.165) is 11.5 Å². The molecule has 0 N–H and O–H groups in total. The molecule has 1 aromatic rings. The minimum absolute atomic E-state index is 0.0689. The van der Waals surface area contributed by atoms with Crippen LogP contribution in [0.5, 0.6) is 0 Å². The molecule has 0 spiro atoms. The largest absolute Gasteiger partial charge is 0.366 e. The van der Waals surface area contributed by atoms with Crippen LogP contribution in [0, 0.1) is 6.92 Å². The lowest BCUT2D eigenvalue weighted by atomic mass is 10.2. The number of amides is 1. The number of carbonyl (C=O) groups is 1. The highest BCUT2D eigenvalue weighted by Gasteiger charge is 2.16. The average molecular weight is 240 g/mol. The van der Waals surface area contributed by atoms with Gasteiger partial charge in [-0.3, -0.25) is 4.79 Å². The van der Waals surface area contributed by atoms with Gasteiger partial charge in [-0.2, -0.15) is 0 Å². The van der Waals surface area contributed by atoms with E-state index in [9.17, 15) is 4.79 Å². The highest BCUT2D eigenvalue weighted by Crippen LogP contribution is 2.08. The van der Waals surface area contributed by atoms with E-state index in [4.69, 9.17) is 9.26 Å². The summed E-state index contributed by atoms with van der Waals surface area (Å²) in [5, 5.41) is 3.84. The highest BCUT2D eigenvalue weighted by molar-refractivity contribution is 5.77. The number of hydrogen-bond donors (Lipinski definition) is 0. The van der Waals surface area contributed by atoms with Crippen molar-refractivity contribution in [3.8, 4) is 0 Å². The van der Waals surface area contributed by atoms with Gasteiger partial charge in [-0.25, -0.2) is 0 Å². The van der Waals surface area contributed by atoms with E-state index in [1.54, 1.807) is 11.9 Å². The molecule has 0 bridgehead atoms. The molecule has 5 heteroatoms. The normalized spacial score (nSPS) is 11.6. The smallest absolute Gasteiger partial charge is 0.248 e. The van der Waals surface area contributed by atoms with Crippen LogP contribution in [0.4, 0.5) is 0 Å². The second kappa shape index (κ2) is 5.31. The standard InChI is InChI=1S/C12H20N2O3/c1-9-6-10(13-17-9)7-14(5)11(15)8-16-12(2,3)4/h6H,7-8H2,1-5H3. The number of aryl methyl sites for hydroxylation is 1. The number of rotatable bonds is 4. The van der Waals surface area contributed by atoms with Gasteiger partial charge in [0.25, 0.3) is 0 Å². The van der Waals surface area contributed by atoms with Crippen LogP contribution in [0.25, 0.3) is 0 Å². The summed E-state index contributed by atoms with van der Waals surface area (Å²) in [6.07, 6.45) is 0. The number of likely N-dealkylation sites (N-methyl/N-ethyl adjacent to an activating group) is 1. The Morgan fingerprint density at radius 1 is 1.53 bits per heavy atom. The molecule has 1 amide bonds. The van der Waals surface area contributed by atoms with Gasteiger partial charge in [0.1, 0.15) is 18.1 Å². The fourth-order valence-corrected chi connectivity index (χ4v) is 1.21. The first-order valence-corrected chi connectivity index (χ1v) is 5.58. The van der Waals surface area contributed by atoms with E-state index in [2.05, 4.69) is 5.16 Å². The molecular weight excluding hydrogens is 220 g/mol. The maximum Gasteiger partial charge on any atom is 0.248 e. The number of nitrogens with zero attached hydrogens (tertiary/aromatic N) is 2. The van der Waals surface area contributed by atoms with E-state index in [1.165, 1.54) is 0 Å². The Balaban J connectivity index is 2.42. The minimum atomic E-state index is -0.305. The Kier molecular flexibility index (Phi) is 4.28. The molecule has 1 heterocycles. The van der Waals surface area contributed by atoms with Crippen molar-refractivity contribution in [2.45, 2.75) is 39.8 Å². The van der Waals surface area contributed by atoms with Gasteiger partial charge in [-0.1, -0.05) is 5.16 Å².